The molecule has 0 saturated heterocycles. The fourth-order valence-electron chi connectivity index (χ4n) is 2.76. The van der Waals surface area contributed by atoms with Crippen molar-refractivity contribution in [3.63, 3.8) is 0 Å². The molecule has 1 amide bonds. The van der Waals surface area contributed by atoms with Crippen LogP contribution in [0.3, 0.4) is 0 Å². The van der Waals surface area contributed by atoms with Crippen molar-refractivity contribution in [3.8, 4) is 9.88 Å². The van der Waals surface area contributed by atoms with Gasteiger partial charge in [-0.15, -0.1) is 22.7 Å². The molecule has 1 aromatic carbocycles. The van der Waals surface area contributed by atoms with Gasteiger partial charge in [-0.3, -0.25) is 4.79 Å². The maximum absolute atomic E-state index is 12.5. The number of aromatic nitrogens is 1. The zero-order chi connectivity index (χ0) is 19.6. The number of thiophene rings is 1. The van der Waals surface area contributed by atoms with Gasteiger partial charge in [-0.05, 0) is 50.3 Å². The SMILES string of the molecule is Cc1cc(C)c(NC(=O)[C@H](C)OC(=O)c2csc(-c3cccs3)n2)c(C)c1. The first-order valence-electron chi connectivity index (χ1n) is 8.44. The molecule has 2 aromatic heterocycles. The minimum Gasteiger partial charge on any atom is -0.448 e. The summed E-state index contributed by atoms with van der Waals surface area (Å²) in [6, 6.07) is 7.88. The van der Waals surface area contributed by atoms with E-state index in [1.807, 2.05) is 50.4 Å². The van der Waals surface area contributed by atoms with E-state index in [-0.39, 0.29) is 11.6 Å². The average molecular weight is 401 g/mol. The molecule has 0 aliphatic carbocycles. The first kappa shape index (κ1) is 19.3. The Bertz CT molecular complexity index is 954. The predicted molar refractivity (Wildman–Crippen MR) is 110 cm³/mol. The normalized spacial score (nSPS) is 11.9. The van der Waals surface area contributed by atoms with Crippen LogP contribution in [-0.4, -0.2) is 23.0 Å². The molecule has 0 unspecified atom stereocenters. The topological polar surface area (TPSA) is 68.3 Å². The van der Waals surface area contributed by atoms with Crippen LogP contribution in [0.1, 0.15) is 34.1 Å². The number of hydrogen-bond donors (Lipinski definition) is 1. The molecule has 2 heterocycles. The molecule has 0 aliphatic rings. The molecule has 1 N–H and O–H groups in total. The van der Waals surface area contributed by atoms with E-state index < -0.39 is 12.1 Å². The third kappa shape index (κ3) is 4.43. The van der Waals surface area contributed by atoms with Crippen LogP contribution in [0.4, 0.5) is 5.69 Å². The zero-order valence-corrected chi connectivity index (χ0v) is 17.2. The number of nitrogens with one attached hydrogen (secondary N) is 1. The molecule has 3 aromatic rings. The molecule has 0 radical (unpaired) electrons. The van der Waals surface area contributed by atoms with E-state index in [2.05, 4.69) is 10.3 Å². The molecule has 7 heteroatoms. The van der Waals surface area contributed by atoms with E-state index in [0.29, 0.717) is 0 Å². The molecule has 140 valence electrons. The van der Waals surface area contributed by atoms with Crippen LogP contribution in [0.2, 0.25) is 0 Å². The van der Waals surface area contributed by atoms with Gasteiger partial charge in [0.2, 0.25) is 0 Å². The summed E-state index contributed by atoms with van der Waals surface area (Å²) in [4.78, 5) is 30.1. The summed E-state index contributed by atoms with van der Waals surface area (Å²) in [5, 5.41) is 7.23. The largest absolute Gasteiger partial charge is 0.448 e. The Kier molecular flexibility index (Phi) is 5.72. The fourth-order valence-corrected chi connectivity index (χ4v) is 4.36. The van der Waals surface area contributed by atoms with Crippen molar-refractivity contribution in [3.05, 3.63) is 57.4 Å². The van der Waals surface area contributed by atoms with Gasteiger partial charge < -0.3 is 10.1 Å². The molecular weight excluding hydrogens is 380 g/mol. The number of carbonyl (C=O) groups excluding carboxylic acids is 2. The van der Waals surface area contributed by atoms with Crippen molar-refractivity contribution in [2.24, 2.45) is 0 Å². The lowest BCUT2D eigenvalue weighted by molar-refractivity contribution is -0.123. The average Bonchev–Trinajstić information content (AvgIpc) is 3.28. The van der Waals surface area contributed by atoms with Gasteiger partial charge in [-0.2, -0.15) is 0 Å². The van der Waals surface area contributed by atoms with Gasteiger partial charge in [-0.25, -0.2) is 9.78 Å². The van der Waals surface area contributed by atoms with Gasteiger partial charge in [0, 0.05) is 11.1 Å². The van der Waals surface area contributed by atoms with Gasteiger partial charge in [0.1, 0.15) is 5.01 Å². The van der Waals surface area contributed by atoms with Gasteiger partial charge in [0.25, 0.3) is 5.91 Å². The first-order valence-corrected chi connectivity index (χ1v) is 10.2. The molecule has 3 rings (SSSR count). The van der Waals surface area contributed by atoms with Gasteiger partial charge in [0.15, 0.2) is 11.8 Å². The minimum absolute atomic E-state index is 0.214. The summed E-state index contributed by atoms with van der Waals surface area (Å²) < 4.78 is 5.30. The maximum Gasteiger partial charge on any atom is 0.358 e. The second-order valence-electron chi connectivity index (χ2n) is 6.33. The van der Waals surface area contributed by atoms with Gasteiger partial charge in [-0.1, -0.05) is 23.8 Å². The predicted octanol–water partition coefficient (Wildman–Crippen LogP) is 4.98. The van der Waals surface area contributed by atoms with Crippen molar-refractivity contribution in [1.29, 1.82) is 0 Å². The quantitative estimate of drug-likeness (QED) is 0.613. The van der Waals surface area contributed by atoms with E-state index in [4.69, 9.17) is 4.74 Å². The van der Waals surface area contributed by atoms with Gasteiger partial charge >= 0.3 is 5.97 Å². The van der Waals surface area contributed by atoms with E-state index >= 15 is 0 Å². The summed E-state index contributed by atoms with van der Waals surface area (Å²) in [5.74, 6) is -0.971. The Balaban J connectivity index is 1.65. The highest BCUT2D eigenvalue weighted by molar-refractivity contribution is 7.20. The summed E-state index contributed by atoms with van der Waals surface area (Å²) in [7, 11) is 0. The number of hydrogen-bond acceptors (Lipinski definition) is 6. The number of ether oxygens (including phenoxy) is 1. The minimum atomic E-state index is -0.926. The van der Waals surface area contributed by atoms with Crippen molar-refractivity contribution in [2.75, 3.05) is 5.32 Å². The highest BCUT2D eigenvalue weighted by atomic mass is 32.1. The summed E-state index contributed by atoms with van der Waals surface area (Å²) in [6.45, 7) is 7.44. The number of aryl methyl sites for hydroxylation is 3. The lowest BCUT2D eigenvalue weighted by Crippen LogP contribution is -2.30. The van der Waals surface area contributed by atoms with Crippen LogP contribution in [0, 0.1) is 20.8 Å². The van der Waals surface area contributed by atoms with Crippen molar-refractivity contribution in [2.45, 2.75) is 33.8 Å². The van der Waals surface area contributed by atoms with Crippen LogP contribution < -0.4 is 5.32 Å². The summed E-state index contributed by atoms with van der Waals surface area (Å²) in [6.07, 6.45) is -0.926. The summed E-state index contributed by atoms with van der Waals surface area (Å²) in [5.41, 5.74) is 4.04. The molecule has 0 aliphatic heterocycles. The lowest BCUT2D eigenvalue weighted by atomic mass is 10.0. The van der Waals surface area contributed by atoms with E-state index in [9.17, 15) is 9.59 Å². The summed E-state index contributed by atoms with van der Waals surface area (Å²) >= 11 is 2.93. The molecule has 0 fully saturated rings. The molecule has 0 bridgehead atoms. The van der Waals surface area contributed by atoms with E-state index in [1.165, 1.54) is 11.3 Å². The van der Waals surface area contributed by atoms with Crippen LogP contribution in [-0.2, 0) is 9.53 Å². The van der Waals surface area contributed by atoms with Crippen molar-refractivity contribution < 1.29 is 14.3 Å². The van der Waals surface area contributed by atoms with Crippen LogP contribution in [0.15, 0.2) is 35.0 Å². The number of carbonyl (C=O) groups is 2. The van der Waals surface area contributed by atoms with E-state index in [0.717, 1.165) is 32.3 Å². The number of esters is 1. The standard InChI is InChI=1S/C20H20N2O3S2/c1-11-8-12(2)17(13(3)9-11)22-18(23)14(4)25-20(24)15-10-27-19(21-15)16-6-5-7-26-16/h5-10,14H,1-4H3,(H,22,23)/t14-/m0/s1. The molecule has 0 spiro atoms. The Morgan fingerprint density at radius 2 is 1.85 bits per heavy atom. The lowest BCUT2D eigenvalue weighted by Gasteiger charge is -2.16. The molecular formula is C20H20N2O3S2. The third-order valence-corrected chi connectivity index (χ3v) is 5.90. The van der Waals surface area contributed by atoms with Crippen molar-refractivity contribution in [1.82, 2.24) is 4.98 Å². The van der Waals surface area contributed by atoms with E-state index in [1.54, 1.807) is 23.6 Å². The Hall–Kier alpha value is -2.51. The number of nitrogens with zero attached hydrogens (tertiary/aromatic N) is 1. The Labute approximate surface area is 166 Å². The van der Waals surface area contributed by atoms with Crippen LogP contribution in [0.25, 0.3) is 9.88 Å². The Morgan fingerprint density at radius 3 is 2.48 bits per heavy atom. The molecule has 0 saturated carbocycles. The highest BCUT2D eigenvalue weighted by Gasteiger charge is 2.22. The Morgan fingerprint density at radius 1 is 1.15 bits per heavy atom. The first-order chi connectivity index (χ1) is 12.8. The van der Waals surface area contributed by atoms with Crippen LogP contribution in [0.5, 0.6) is 0 Å². The molecule has 5 nitrogen and oxygen atoms in total. The van der Waals surface area contributed by atoms with Gasteiger partial charge in [0.05, 0.1) is 4.88 Å². The highest BCUT2D eigenvalue weighted by Crippen LogP contribution is 2.28. The number of amides is 1. The maximum atomic E-state index is 12.5. The van der Waals surface area contributed by atoms with Crippen molar-refractivity contribution >= 4 is 40.2 Å². The number of thiazole rings is 1. The monoisotopic (exact) mass is 400 g/mol. The number of rotatable bonds is 5. The second kappa shape index (κ2) is 8.02. The number of anilines is 1. The fraction of sp³-hybridized carbons (Fsp3) is 0.250. The smallest absolute Gasteiger partial charge is 0.358 e. The molecule has 1 atom stereocenters. The van der Waals surface area contributed by atoms with Crippen LogP contribution >= 0.6 is 22.7 Å². The molecule has 27 heavy (non-hydrogen) atoms. The third-order valence-electron chi connectivity index (χ3n) is 4.02. The number of benzene rings is 1. The second-order valence-corrected chi connectivity index (χ2v) is 8.13. The zero-order valence-electron chi connectivity index (χ0n) is 15.5.